The number of likely N-dealkylation sites (N-methyl/N-ethyl adjacent to an activating group) is 2. The molecule has 0 fully saturated rings. The van der Waals surface area contributed by atoms with Gasteiger partial charge in [-0.25, -0.2) is 8.42 Å². The van der Waals surface area contributed by atoms with Crippen LogP contribution in [0.2, 0.25) is 0 Å². The number of hydrogen-bond donors (Lipinski definition) is 0. The molecule has 0 saturated heterocycles. The Balaban J connectivity index is 3.20. The van der Waals surface area contributed by atoms with Crippen LogP contribution in [0.1, 0.15) is 0 Å². The number of hydrogen-bond acceptors (Lipinski definition) is 5. The molecule has 1 amide bonds. The maximum atomic E-state index is 12.6. The number of benzene rings is 1. The van der Waals surface area contributed by atoms with Crippen LogP contribution in [0.3, 0.4) is 0 Å². The summed E-state index contributed by atoms with van der Waals surface area (Å²) in [4.78, 5) is 13.0. The van der Waals surface area contributed by atoms with E-state index >= 15 is 0 Å². The minimum absolute atomic E-state index is 0.0431. The number of nitrogens with zero attached hydrogens (tertiary/aromatic N) is 2. The van der Waals surface area contributed by atoms with Crippen LogP contribution in [-0.4, -0.2) is 65.4 Å². The van der Waals surface area contributed by atoms with E-state index in [0.29, 0.717) is 5.75 Å². The summed E-state index contributed by atoms with van der Waals surface area (Å²) in [6, 6.07) is 4.47. The van der Waals surface area contributed by atoms with E-state index in [1.54, 1.807) is 20.2 Å². The van der Waals surface area contributed by atoms with Gasteiger partial charge in [0.15, 0.2) is 0 Å². The number of sulfonamides is 1. The SMILES string of the molecule is COc1ccc(OC)c(S(=O)(=O)N(C)CC(=O)N(C)C)c1. The molecule has 0 unspecified atom stereocenters. The van der Waals surface area contributed by atoms with Crippen LogP contribution in [-0.2, 0) is 14.8 Å². The summed E-state index contributed by atoms with van der Waals surface area (Å²) in [7, 11) is 3.43. The fourth-order valence-corrected chi connectivity index (χ4v) is 2.86. The van der Waals surface area contributed by atoms with E-state index in [2.05, 4.69) is 0 Å². The third-order valence-electron chi connectivity index (χ3n) is 2.92. The molecule has 0 N–H and O–H groups in total. The zero-order valence-electron chi connectivity index (χ0n) is 12.8. The highest BCUT2D eigenvalue weighted by Crippen LogP contribution is 2.30. The highest BCUT2D eigenvalue weighted by molar-refractivity contribution is 7.89. The predicted molar refractivity (Wildman–Crippen MR) is 78.1 cm³/mol. The van der Waals surface area contributed by atoms with Gasteiger partial charge in [0, 0.05) is 27.2 Å². The van der Waals surface area contributed by atoms with Crippen molar-refractivity contribution in [3.05, 3.63) is 18.2 Å². The van der Waals surface area contributed by atoms with Crippen LogP contribution in [0.5, 0.6) is 11.5 Å². The minimum Gasteiger partial charge on any atom is -0.497 e. The van der Waals surface area contributed by atoms with Crippen LogP contribution in [0.25, 0.3) is 0 Å². The van der Waals surface area contributed by atoms with Crippen LogP contribution >= 0.6 is 0 Å². The van der Waals surface area contributed by atoms with Crippen LogP contribution in [0.4, 0.5) is 0 Å². The molecule has 0 aliphatic heterocycles. The Labute approximate surface area is 125 Å². The lowest BCUT2D eigenvalue weighted by Gasteiger charge is -2.20. The van der Waals surface area contributed by atoms with E-state index < -0.39 is 10.0 Å². The molecule has 118 valence electrons. The fraction of sp³-hybridized carbons (Fsp3) is 0.462. The van der Waals surface area contributed by atoms with E-state index in [0.717, 1.165) is 4.31 Å². The quantitative estimate of drug-likeness (QED) is 0.760. The van der Waals surface area contributed by atoms with Gasteiger partial charge in [-0.1, -0.05) is 0 Å². The van der Waals surface area contributed by atoms with E-state index in [4.69, 9.17) is 9.47 Å². The molecule has 21 heavy (non-hydrogen) atoms. The maximum absolute atomic E-state index is 12.6. The third kappa shape index (κ3) is 3.85. The van der Waals surface area contributed by atoms with Gasteiger partial charge in [0.2, 0.25) is 15.9 Å². The average molecular weight is 316 g/mol. The lowest BCUT2D eigenvalue weighted by Crippen LogP contribution is -2.37. The summed E-state index contributed by atoms with van der Waals surface area (Å²) in [5, 5.41) is 0. The summed E-state index contributed by atoms with van der Waals surface area (Å²) < 4.78 is 36.2. The van der Waals surface area contributed by atoms with Crippen LogP contribution in [0.15, 0.2) is 23.1 Å². The molecule has 8 heteroatoms. The van der Waals surface area contributed by atoms with E-state index in [1.165, 1.54) is 38.3 Å². The van der Waals surface area contributed by atoms with Crippen LogP contribution in [0, 0.1) is 0 Å². The summed E-state index contributed by atoms with van der Waals surface area (Å²) >= 11 is 0. The Hall–Kier alpha value is -1.80. The molecular weight excluding hydrogens is 296 g/mol. The first-order valence-corrected chi connectivity index (χ1v) is 7.56. The number of carbonyl (C=O) groups is 1. The van der Waals surface area contributed by atoms with Crippen molar-refractivity contribution in [1.29, 1.82) is 0 Å². The van der Waals surface area contributed by atoms with E-state index in [1.807, 2.05) is 0 Å². The Morgan fingerprint density at radius 3 is 2.24 bits per heavy atom. The van der Waals surface area contributed by atoms with Gasteiger partial charge in [-0.05, 0) is 12.1 Å². The fourth-order valence-electron chi connectivity index (χ4n) is 1.57. The number of rotatable bonds is 6. The van der Waals surface area contributed by atoms with Crippen molar-refractivity contribution >= 4 is 15.9 Å². The van der Waals surface area contributed by atoms with Gasteiger partial charge in [-0.3, -0.25) is 4.79 Å². The van der Waals surface area contributed by atoms with Gasteiger partial charge in [0.05, 0.1) is 20.8 Å². The number of methoxy groups -OCH3 is 2. The molecule has 0 bridgehead atoms. The van der Waals surface area contributed by atoms with Crippen molar-refractivity contribution in [3.63, 3.8) is 0 Å². The summed E-state index contributed by atoms with van der Waals surface area (Å²) in [6.07, 6.45) is 0. The van der Waals surface area contributed by atoms with Crippen molar-refractivity contribution in [2.45, 2.75) is 4.90 Å². The normalized spacial score (nSPS) is 11.3. The lowest BCUT2D eigenvalue weighted by molar-refractivity contribution is -0.128. The summed E-state index contributed by atoms with van der Waals surface area (Å²) in [5.41, 5.74) is 0. The molecule has 7 nitrogen and oxygen atoms in total. The van der Waals surface area contributed by atoms with Crippen molar-refractivity contribution < 1.29 is 22.7 Å². The molecule has 1 aromatic carbocycles. The molecule has 0 saturated carbocycles. The van der Waals surface area contributed by atoms with Crippen LogP contribution < -0.4 is 9.47 Å². The molecule has 0 aromatic heterocycles. The average Bonchev–Trinajstić information content (AvgIpc) is 2.46. The highest BCUT2D eigenvalue weighted by atomic mass is 32.2. The molecule has 1 aromatic rings. The maximum Gasteiger partial charge on any atom is 0.247 e. The smallest absolute Gasteiger partial charge is 0.247 e. The van der Waals surface area contributed by atoms with Crippen molar-refractivity contribution in [2.75, 3.05) is 41.9 Å². The van der Waals surface area contributed by atoms with Crippen molar-refractivity contribution in [3.8, 4) is 11.5 Å². The molecule has 0 heterocycles. The lowest BCUT2D eigenvalue weighted by atomic mass is 10.3. The molecule has 1 rings (SSSR count). The Morgan fingerprint density at radius 2 is 1.76 bits per heavy atom. The predicted octanol–water partition coefficient (Wildman–Crippen LogP) is 0.413. The van der Waals surface area contributed by atoms with Gasteiger partial charge in [0.25, 0.3) is 0 Å². The minimum atomic E-state index is -3.86. The van der Waals surface area contributed by atoms with Gasteiger partial charge < -0.3 is 14.4 Å². The second-order valence-electron chi connectivity index (χ2n) is 4.57. The largest absolute Gasteiger partial charge is 0.497 e. The molecule has 0 aliphatic carbocycles. The first-order valence-electron chi connectivity index (χ1n) is 6.12. The van der Waals surface area contributed by atoms with Crippen molar-refractivity contribution in [1.82, 2.24) is 9.21 Å². The molecular formula is C13H20N2O5S. The summed E-state index contributed by atoms with van der Waals surface area (Å²) in [5.74, 6) is 0.268. The molecule has 0 atom stereocenters. The molecule has 0 radical (unpaired) electrons. The highest BCUT2D eigenvalue weighted by Gasteiger charge is 2.27. The third-order valence-corrected chi connectivity index (χ3v) is 4.74. The number of amides is 1. The number of ether oxygens (including phenoxy) is 2. The van der Waals surface area contributed by atoms with E-state index in [9.17, 15) is 13.2 Å². The second kappa shape index (κ2) is 6.77. The second-order valence-corrected chi connectivity index (χ2v) is 6.58. The van der Waals surface area contributed by atoms with E-state index in [-0.39, 0.29) is 23.1 Å². The zero-order valence-corrected chi connectivity index (χ0v) is 13.6. The van der Waals surface area contributed by atoms with Gasteiger partial charge in [-0.15, -0.1) is 0 Å². The van der Waals surface area contributed by atoms with Gasteiger partial charge in [-0.2, -0.15) is 4.31 Å². The topological polar surface area (TPSA) is 76.1 Å². The Bertz CT molecular complexity index is 613. The molecule has 0 aliphatic rings. The Kier molecular flexibility index (Phi) is 5.56. The number of carbonyl (C=O) groups excluding carboxylic acids is 1. The Morgan fingerprint density at radius 1 is 1.14 bits per heavy atom. The molecule has 0 spiro atoms. The first-order chi connectivity index (χ1) is 9.73. The first kappa shape index (κ1) is 17.3. The van der Waals surface area contributed by atoms with Gasteiger partial charge in [0.1, 0.15) is 16.4 Å². The summed E-state index contributed by atoms with van der Waals surface area (Å²) in [6.45, 7) is -0.254. The van der Waals surface area contributed by atoms with Gasteiger partial charge >= 0.3 is 0 Å². The zero-order chi connectivity index (χ0) is 16.2. The standard InChI is InChI=1S/C13H20N2O5S/c1-14(2)13(16)9-15(3)21(17,18)12-8-10(19-4)6-7-11(12)20-5/h6-8H,9H2,1-5H3. The monoisotopic (exact) mass is 316 g/mol. The van der Waals surface area contributed by atoms with Crippen molar-refractivity contribution in [2.24, 2.45) is 0 Å².